The van der Waals surface area contributed by atoms with Crippen LogP contribution in [0, 0.1) is 0 Å². The molecule has 0 unspecified atom stereocenters. The smallest absolute Gasteiger partial charge is 0.235 e. The van der Waals surface area contributed by atoms with Gasteiger partial charge in [-0.1, -0.05) is 25.0 Å². The van der Waals surface area contributed by atoms with Crippen molar-refractivity contribution in [1.82, 2.24) is 4.90 Å². The quantitative estimate of drug-likeness (QED) is 0.531. The maximum Gasteiger partial charge on any atom is 0.235 e. The second kappa shape index (κ2) is 8.87. The van der Waals surface area contributed by atoms with Crippen molar-refractivity contribution in [2.24, 2.45) is 0 Å². The van der Waals surface area contributed by atoms with Crippen LogP contribution >= 0.6 is 11.9 Å². The van der Waals surface area contributed by atoms with Crippen LogP contribution in [0.1, 0.15) is 44.1 Å². The van der Waals surface area contributed by atoms with Crippen LogP contribution in [0.4, 0.5) is 17.1 Å². The number of rotatable bonds is 6. The predicted octanol–water partition coefficient (Wildman–Crippen LogP) is 5.08. The zero-order chi connectivity index (χ0) is 22.1. The summed E-state index contributed by atoms with van der Waals surface area (Å²) in [6, 6.07) is 12.8. The third-order valence-electron chi connectivity index (χ3n) is 7.21. The molecular weight excluding hydrogens is 420 g/mol. The summed E-state index contributed by atoms with van der Waals surface area (Å²) in [4.78, 5) is 16.5. The molecule has 0 atom stereocenters. The molecule has 7 heteroatoms. The Labute approximate surface area is 194 Å². The van der Waals surface area contributed by atoms with E-state index in [1.807, 2.05) is 24.3 Å². The van der Waals surface area contributed by atoms with E-state index >= 15 is 0 Å². The van der Waals surface area contributed by atoms with Crippen molar-refractivity contribution in [3.05, 3.63) is 42.0 Å². The van der Waals surface area contributed by atoms with Gasteiger partial charge >= 0.3 is 0 Å². The minimum absolute atomic E-state index is 0.172. The molecule has 0 bridgehead atoms. The lowest BCUT2D eigenvalue weighted by Crippen LogP contribution is -2.36. The first kappa shape index (κ1) is 21.5. The number of piperidine rings is 1. The van der Waals surface area contributed by atoms with E-state index in [-0.39, 0.29) is 11.3 Å². The molecule has 3 N–H and O–H groups in total. The van der Waals surface area contributed by atoms with Gasteiger partial charge in [0.05, 0.1) is 28.8 Å². The topological polar surface area (TPSA) is 65.6 Å². The normalized spacial score (nSPS) is 20.2. The molecule has 0 aromatic heterocycles. The number of methoxy groups -OCH3 is 1. The molecule has 6 nitrogen and oxygen atoms in total. The molecule has 170 valence electrons. The molecule has 1 aliphatic carbocycles. The third kappa shape index (κ3) is 3.92. The Morgan fingerprint density at radius 3 is 2.66 bits per heavy atom. The van der Waals surface area contributed by atoms with Gasteiger partial charge in [0.1, 0.15) is 5.75 Å². The summed E-state index contributed by atoms with van der Waals surface area (Å²) < 4.78 is 9.02. The lowest BCUT2D eigenvalue weighted by molar-refractivity contribution is -0.120. The fourth-order valence-corrected chi connectivity index (χ4v) is 6.09. The van der Waals surface area contributed by atoms with Gasteiger partial charge in [0.25, 0.3) is 0 Å². The Balaban J connectivity index is 1.46. The number of likely N-dealkylation sites (tertiary alicyclic amines) is 1. The number of carbonyl (C=O) groups excluding carboxylic acids is 1. The van der Waals surface area contributed by atoms with Gasteiger partial charge in [-0.05, 0) is 87.6 Å². The molecule has 3 aliphatic rings. The SMILES string of the molecule is COc1ccccc1SNc1cc(NC2CCN(C)CC2)c2c(c1)C1(CCCC1)C(=O)N2. The molecule has 2 heterocycles. The zero-order valence-electron chi connectivity index (χ0n) is 18.9. The summed E-state index contributed by atoms with van der Waals surface area (Å²) in [6.07, 6.45) is 6.30. The monoisotopic (exact) mass is 452 g/mol. The summed E-state index contributed by atoms with van der Waals surface area (Å²) in [6.45, 7) is 2.19. The first-order valence-corrected chi connectivity index (χ1v) is 12.4. The van der Waals surface area contributed by atoms with Gasteiger partial charge in [0, 0.05) is 11.7 Å². The fourth-order valence-electron chi connectivity index (χ4n) is 5.35. The molecule has 2 aromatic rings. The highest BCUT2D eigenvalue weighted by molar-refractivity contribution is 8.00. The molecule has 32 heavy (non-hydrogen) atoms. The summed E-state index contributed by atoms with van der Waals surface area (Å²) in [5, 5.41) is 7.02. The van der Waals surface area contributed by atoms with Crippen LogP contribution in [0.15, 0.2) is 41.3 Å². The Bertz CT molecular complexity index is 997. The molecule has 1 saturated carbocycles. The first-order chi connectivity index (χ1) is 15.6. The summed E-state index contributed by atoms with van der Waals surface area (Å²) in [5.41, 5.74) is 3.82. The van der Waals surface area contributed by atoms with Crippen molar-refractivity contribution in [1.29, 1.82) is 0 Å². The molecular formula is C25H32N4O2S. The standard InChI is InChI=1S/C25H32N4O2S/c1-29-13-9-17(10-14-29)26-20-16-18(28-32-22-8-4-3-7-21(22)31-2)15-19-23(20)27-24(30)25(19)11-5-6-12-25/h3-4,7-8,15-17,26,28H,5-6,9-14H2,1-2H3,(H,27,30). The summed E-state index contributed by atoms with van der Waals surface area (Å²) >= 11 is 1.54. The number of anilines is 3. The highest BCUT2D eigenvalue weighted by Gasteiger charge is 2.49. The van der Waals surface area contributed by atoms with E-state index in [0.717, 1.165) is 84.9 Å². The van der Waals surface area contributed by atoms with E-state index in [4.69, 9.17) is 4.74 Å². The minimum Gasteiger partial charge on any atom is -0.496 e. The number of carbonyl (C=O) groups is 1. The average molecular weight is 453 g/mol. The summed E-state index contributed by atoms with van der Waals surface area (Å²) in [5.74, 6) is 1.02. The fraction of sp³-hybridized carbons (Fsp3) is 0.480. The van der Waals surface area contributed by atoms with E-state index in [9.17, 15) is 4.79 Å². The van der Waals surface area contributed by atoms with Crippen LogP contribution in [0.2, 0.25) is 0 Å². The number of hydrogen-bond acceptors (Lipinski definition) is 6. The highest BCUT2D eigenvalue weighted by Crippen LogP contribution is 2.52. The Kier molecular flexibility index (Phi) is 5.95. The second-order valence-electron chi connectivity index (χ2n) is 9.27. The number of ether oxygens (including phenoxy) is 1. The van der Waals surface area contributed by atoms with Crippen LogP contribution < -0.4 is 20.1 Å². The minimum atomic E-state index is -0.370. The van der Waals surface area contributed by atoms with Gasteiger partial charge in [-0.15, -0.1) is 0 Å². The lowest BCUT2D eigenvalue weighted by atomic mass is 9.80. The number of nitrogens with zero attached hydrogens (tertiary/aromatic N) is 1. The Morgan fingerprint density at radius 1 is 1.16 bits per heavy atom. The van der Waals surface area contributed by atoms with Gasteiger partial charge in [0.2, 0.25) is 5.91 Å². The van der Waals surface area contributed by atoms with Gasteiger partial charge in [-0.25, -0.2) is 0 Å². The van der Waals surface area contributed by atoms with Crippen molar-refractivity contribution in [2.45, 2.75) is 54.9 Å². The van der Waals surface area contributed by atoms with Crippen molar-refractivity contribution in [3.63, 3.8) is 0 Å². The maximum absolute atomic E-state index is 13.1. The number of benzene rings is 2. The largest absolute Gasteiger partial charge is 0.496 e. The second-order valence-corrected chi connectivity index (χ2v) is 10.1. The molecule has 0 radical (unpaired) electrons. The van der Waals surface area contributed by atoms with Gasteiger partial charge in [0.15, 0.2) is 0 Å². The molecule has 2 aliphatic heterocycles. The van der Waals surface area contributed by atoms with Crippen LogP contribution in [0.3, 0.4) is 0 Å². The molecule has 2 fully saturated rings. The van der Waals surface area contributed by atoms with E-state index in [1.165, 1.54) is 0 Å². The summed E-state index contributed by atoms with van der Waals surface area (Å²) in [7, 11) is 3.87. The Hall–Kier alpha value is -2.38. The number of hydrogen-bond donors (Lipinski definition) is 3. The molecule has 1 spiro atoms. The molecule has 1 saturated heterocycles. The molecule has 1 amide bonds. The van der Waals surface area contributed by atoms with Gasteiger partial charge < -0.3 is 25.0 Å². The van der Waals surface area contributed by atoms with Crippen LogP contribution in [0.25, 0.3) is 0 Å². The third-order valence-corrected chi connectivity index (χ3v) is 8.11. The number of para-hydroxylation sites is 1. The lowest BCUT2D eigenvalue weighted by Gasteiger charge is -2.31. The van der Waals surface area contributed by atoms with Crippen LogP contribution in [-0.4, -0.2) is 44.1 Å². The van der Waals surface area contributed by atoms with E-state index in [2.05, 4.69) is 39.4 Å². The zero-order valence-corrected chi connectivity index (χ0v) is 19.7. The van der Waals surface area contributed by atoms with E-state index in [0.29, 0.717) is 6.04 Å². The van der Waals surface area contributed by atoms with E-state index < -0.39 is 0 Å². The van der Waals surface area contributed by atoms with Crippen molar-refractivity contribution < 1.29 is 9.53 Å². The van der Waals surface area contributed by atoms with E-state index in [1.54, 1.807) is 19.1 Å². The number of fused-ring (bicyclic) bond motifs is 2. The van der Waals surface area contributed by atoms with Crippen molar-refractivity contribution in [3.8, 4) is 5.75 Å². The molecule has 5 rings (SSSR count). The highest BCUT2D eigenvalue weighted by atomic mass is 32.2. The number of amides is 1. The van der Waals surface area contributed by atoms with Crippen molar-refractivity contribution in [2.75, 3.05) is 42.6 Å². The average Bonchev–Trinajstić information content (AvgIpc) is 3.41. The predicted molar refractivity (Wildman–Crippen MR) is 132 cm³/mol. The van der Waals surface area contributed by atoms with Gasteiger partial charge in [-0.3, -0.25) is 4.79 Å². The van der Waals surface area contributed by atoms with Crippen LogP contribution in [0.5, 0.6) is 5.75 Å². The first-order valence-electron chi connectivity index (χ1n) is 11.6. The number of nitrogens with one attached hydrogen (secondary N) is 3. The van der Waals surface area contributed by atoms with Gasteiger partial charge in [-0.2, -0.15) is 0 Å². The van der Waals surface area contributed by atoms with Crippen molar-refractivity contribution >= 4 is 34.9 Å². The molecule has 2 aromatic carbocycles. The maximum atomic E-state index is 13.1. The van der Waals surface area contributed by atoms with Crippen LogP contribution in [-0.2, 0) is 10.2 Å². The Morgan fingerprint density at radius 2 is 1.91 bits per heavy atom.